The number of nitrogens with zero attached hydrogens (tertiary/aromatic N) is 1. The molecule has 120 valence electrons. The van der Waals surface area contributed by atoms with Crippen molar-refractivity contribution >= 4 is 12.0 Å². The molecule has 2 aliphatic rings. The van der Waals surface area contributed by atoms with Crippen LogP contribution >= 0.6 is 0 Å². The van der Waals surface area contributed by atoms with E-state index in [2.05, 4.69) is 5.32 Å². The summed E-state index contributed by atoms with van der Waals surface area (Å²) in [5, 5.41) is 11.5. The molecule has 2 N–H and O–H groups in total. The molecular weight excluding hydrogens is 276 g/mol. The number of rotatable bonds is 6. The number of carboxylic acid groups (broad SMARTS) is 1. The van der Waals surface area contributed by atoms with E-state index in [1.807, 2.05) is 6.92 Å². The van der Waals surface area contributed by atoms with Crippen LogP contribution in [0.15, 0.2) is 0 Å². The molecule has 0 aromatic carbocycles. The van der Waals surface area contributed by atoms with E-state index < -0.39 is 11.6 Å². The van der Waals surface area contributed by atoms with Crippen LogP contribution in [0.25, 0.3) is 0 Å². The van der Waals surface area contributed by atoms with Crippen LogP contribution in [0, 0.1) is 0 Å². The largest absolute Gasteiger partial charge is 0.480 e. The molecule has 1 atom stereocenters. The lowest BCUT2D eigenvalue weighted by Gasteiger charge is -2.47. The molecule has 2 rings (SSSR count). The fourth-order valence-electron chi connectivity index (χ4n) is 2.72. The number of nitrogens with one attached hydrogen (secondary N) is 1. The summed E-state index contributed by atoms with van der Waals surface area (Å²) < 4.78 is 10.9. The molecule has 0 spiro atoms. The molecule has 2 aliphatic heterocycles. The van der Waals surface area contributed by atoms with Gasteiger partial charge >= 0.3 is 12.0 Å². The SMILES string of the molecule is CC1(OCC(=O)O)CN(C(=O)NCCC2CCCCO2)C1. The van der Waals surface area contributed by atoms with Gasteiger partial charge in [-0.15, -0.1) is 0 Å². The maximum absolute atomic E-state index is 11.9. The Morgan fingerprint density at radius 2 is 2.19 bits per heavy atom. The van der Waals surface area contributed by atoms with E-state index in [9.17, 15) is 9.59 Å². The lowest BCUT2D eigenvalue weighted by Crippen LogP contribution is -2.65. The highest BCUT2D eigenvalue weighted by molar-refractivity contribution is 5.75. The Balaban J connectivity index is 1.59. The van der Waals surface area contributed by atoms with Crippen molar-refractivity contribution in [1.82, 2.24) is 10.2 Å². The lowest BCUT2D eigenvalue weighted by atomic mass is 9.97. The number of carboxylic acids is 1. The van der Waals surface area contributed by atoms with Gasteiger partial charge in [0, 0.05) is 13.2 Å². The minimum absolute atomic E-state index is 0.123. The van der Waals surface area contributed by atoms with Gasteiger partial charge in [0.15, 0.2) is 0 Å². The van der Waals surface area contributed by atoms with Crippen molar-refractivity contribution in [3.05, 3.63) is 0 Å². The van der Waals surface area contributed by atoms with Crippen molar-refractivity contribution < 1.29 is 24.2 Å². The Kier molecular flexibility index (Phi) is 5.41. The first-order chi connectivity index (χ1) is 9.98. The number of hydrogen-bond donors (Lipinski definition) is 2. The quantitative estimate of drug-likeness (QED) is 0.758. The van der Waals surface area contributed by atoms with E-state index in [-0.39, 0.29) is 18.7 Å². The number of carbonyl (C=O) groups excluding carboxylic acids is 1. The first-order valence-electron chi connectivity index (χ1n) is 7.49. The molecule has 2 saturated heterocycles. The fraction of sp³-hybridized carbons (Fsp3) is 0.857. The fourth-order valence-corrected chi connectivity index (χ4v) is 2.72. The minimum atomic E-state index is -0.994. The van der Waals surface area contributed by atoms with Crippen LogP contribution in [-0.4, -0.2) is 66.6 Å². The maximum atomic E-state index is 11.9. The van der Waals surface area contributed by atoms with Gasteiger partial charge in [-0.2, -0.15) is 0 Å². The Bertz CT molecular complexity index is 376. The third-order valence-corrected chi connectivity index (χ3v) is 3.90. The van der Waals surface area contributed by atoms with Crippen LogP contribution in [0.1, 0.15) is 32.6 Å². The van der Waals surface area contributed by atoms with Gasteiger partial charge in [0.1, 0.15) is 12.2 Å². The minimum Gasteiger partial charge on any atom is -0.480 e. The third kappa shape index (κ3) is 4.86. The molecule has 2 fully saturated rings. The molecule has 0 radical (unpaired) electrons. The molecule has 2 heterocycles. The predicted molar refractivity (Wildman–Crippen MR) is 75.2 cm³/mol. The smallest absolute Gasteiger partial charge is 0.329 e. The zero-order chi connectivity index (χ0) is 15.3. The van der Waals surface area contributed by atoms with Crippen molar-refractivity contribution in [2.24, 2.45) is 0 Å². The number of carbonyl (C=O) groups is 2. The van der Waals surface area contributed by atoms with Crippen molar-refractivity contribution in [2.75, 3.05) is 32.8 Å². The number of hydrogen-bond acceptors (Lipinski definition) is 4. The van der Waals surface area contributed by atoms with E-state index in [1.54, 1.807) is 4.90 Å². The van der Waals surface area contributed by atoms with Gasteiger partial charge in [-0.3, -0.25) is 0 Å². The average Bonchev–Trinajstić information content (AvgIpc) is 2.43. The number of urea groups is 1. The van der Waals surface area contributed by atoms with Gasteiger partial charge in [0.05, 0.1) is 19.2 Å². The highest BCUT2D eigenvalue weighted by Gasteiger charge is 2.42. The zero-order valence-electron chi connectivity index (χ0n) is 12.5. The number of aliphatic carboxylic acids is 1. The van der Waals surface area contributed by atoms with Gasteiger partial charge in [0.25, 0.3) is 0 Å². The van der Waals surface area contributed by atoms with Crippen LogP contribution in [0.3, 0.4) is 0 Å². The standard InChI is InChI=1S/C14H24N2O5/c1-14(21-8-12(17)18)9-16(10-14)13(19)15-6-5-11-4-2-3-7-20-11/h11H,2-10H2,1H3,(H,15,19)(H,17,18). The Morgan fingerprint density at radius 3 is 2.81 bits per heavy atom. The Hall–Kier alpha value is -1.34. The summed E-state index contributed by atoms with van der Waals surface area (Å²) in [7, 11) is 0. The Morgan fingerprint density at radius 1 is 1.43 bits per heavy atom. The molecule has 0 aliphatic carbocycles. The average molecular weight is 300 g/mol. The van der Waals surface area contributed by atoms with Crippen LogP contribution in [-0.2, 0) is 14.3 Å². The van der Waals surface area contributed by atoms with Crippen molar-refractivity contribution in [3.8, 4) is 0 Å². The molecule has 7 heteroatoms. The monoisotopic (exact) mass is 300 g/mol. The van der Waals surface area contributed by atoms with E-state index in [4.69, 9.17) is 14.6 Å². The molecule has 2 amide bonds. The summed E-state index contributed by atoms with van der Waals surface area (Å²) in [5.41, 5.74) is -0.539. The van der Waals surface area contributed by atoms with Crippen molar-refractivity contribution in [1.29, 1.82) is 0 Å². The van der Waals surface area contributed by atoms with E-state index in [0.29, 0.717) is 19.6 Å². The summed E-state index contributed by atoms with van der Waals surface area (Å²) in [4.78, 5) is 24.0. The predicted octanol–water partition coefficient (Wildman–Crippen LogP) is 0.831. The van der Waals surface area contributed by atoms with Crippen LogP contribution in [0.4, 0.5) is 4.79 Å². The van der Waals surface area contributed by atoms with Crippen LogP contribution < -0.4 is 5.32 Å². The van der Waals surface area contributed by atoms with Gasteiger partial charge in [-0.1, -0.05) is 0 Å². The number of ether oxygens (including phenoxy) is 2. The molecule has 0 aromatic rings. The summed E-state index contributed by atoms with van der Waals surface area (Å²) in [5.74, 6) is -0.994. The van der Waals surface area contributed by atoms with Crippen LogP contribution in [0.5, 0.6) is 0 Å². The van der Waals surface area contributed by atoms with E-state index in [0.717, 1.165) is 25.9 Å². The first kappa shape index (κ1) is 16.0. The summed E-state index contributed by atoms with van der Waals surface area (Å²) >= 11 is 0. The van der Waals surface area contributed by atoms with Gasteiger partial charge in [0.2, 0.25) is 0 Å². The molecule has 0 saturated carbocycles. The first-order valence-corrected chi connectivity index (χ1v) is 7.49. The molecular formula is C14H24N2O5. The third-order valence-electron chi connectivity index (χ3n) is 3.90. The van der Waals surface area contributed by atoms with Crippen LogP contribution in [0.2, 0.25) is 0 Å². The van der Waals surface area contributed by atoms with E-state index >= 15 is 0 Å². The highest BCUT2D eigenvalue weighted by Crippen LogP contribution is 2.24. The highest BCUT2D eigenvalue weighted by atomic mass is 16.5. The Labute approximate surface area is 124 Å². The van der Waals surface area contributed by atoms with Gasteiger partial charge < -0.3 is 24.8 Å². The summed E-state index contributed by atoms with van der Waals surface area (Å²) in [6, 6.07) is -0.123. The number of likely N-dealkylation sites (tertiary alicyclic amines) is 1. The summed E-state index contributed by atoms with van der Waals surface area (Å²) in [6.07, 6.45) is 4.50. The van der Waals surface area contributed by atoms with Gasteiger partial charge in [-0.25, -0.2) is 9.59 Å². The normalized spacial score (nSPS) is 24.2. The van der Waals surface area contributed by atoms with Gasteiger partial charge in [-0.05, 0) is 32.6 Å². The second kappa shape index (κ2) is 7.09. The second-order valence-electron chi connectivity index (χ2n) is 6.00. The topological polar surface area (TPSA) is 88.1 Å². The molecule has 1 unspecified atom stereocenters. The van der Waals surface area contributed by atoms with E-state index in [1.165, 1.54) is 6.42 Å². The summed E-state index contributed by atoms with van der Waals surface area (Å²) in [6.45, 7) is 3.76. The molecule has 7 nitrogen and oxygen atoms in total. The molecule has 0 bridgehead atoms. The molecule has 0 aromatic heterocycles. The van der Waals surface area contributed by atoms with Crippen molar-refractivity contribution in [3.63, 3.8) is 0 Å². The van der Waals surface area contributed by atoms with Crippen molar-refractivity contribution in [2.45, 2.75) is 44.3 Å². The number of amides is 2. The molecule has 21 heavy (non-hydrogen) atoms. The zero-order valence-corrected chi connectivity index (χ0v) is 12.5. The lowest BCUT2D eigenvalue weighted by molar-refractivity contribution is -0.159. The maximum Gasteiger partial charge on any atom is 0.329 e. The second-order valence-corrected chi connectivity index (χ2v) is 6.00.